The summed E-state index contributed by atoms with van der Waals surface area (Å²) in [6.07, 6.45) is 3.31. The number of carbonyl (C=O) groups is 3. The van der Waals surface area contributed by atoms with E-state index in [0.717, 1.165) is 19.3 Å². The first-order chi connectivity index (χ1) is 14.8. The van der Waals surface area contributed by atoms with Gasteiger partial charge in [-0.1, -0.05) is 19.8 Å². The summed E-state index contributed by atoms with van der Waals surface area (Å²) in [7, 11) is 4.34. The van der Waals surface area contributed by atoms with Crippen molar-refractivity contribution in [3.8, 4) is 17.2 Å². The van der Waals surface area contributed by atoms with E-state index in [9.17, 15) is 14.4 Å². The summed E-state index contributed by atoms with van der Waals surface area (Å²) in [5, 5.41) is 5.43. The van der Waals surface area contributed by atoms with Gasteiger partial charge in [0.25, 0.3) is 11.8 Å². The predicted molar refractivity (Wildman–Crippen MR) is 114 cm³/mol. The first-order valence-electron chi connectivity index (χ1n) is 10.4. The maximum absolute atomic E-state index is 12.5. The Morgan fingerprint density at radius 2 is 1.65 bits per heavy atom. The summed E-state index contributed by atoms with van der Waals surface area (Å²) in [4.78, 5) is 36.9. The Morgan fingerprint density at radius 1 is 1.03 bits per heavy atom. The molecule has 0 saturated heterocycles. The second-order valence-corrected chi connectivity index (χ2v) is 7.61. The number of methoxy groups -OCH3 is 3. The van der Waals surface area contributed by atoms with Crippen LogP contribution in [0.3, 0.4) is 0 Å². The highest BCUT2D eigenvalue weighted by atomic mass is 16.5. The van der Waals surface area contributed by atoms with E-state index in [1.54, 1.807) is 0 Å². The van der Waals surface area contributed by atoms with Crippen LogP contribution in [-0.2, 0) is 14.3 Å². The number of hydrogen-bond donors (Lipinski definition) is 2. The van der Waals surface area contributed by atoms with Gasteiger partial charge in [-0.2, -0.15) is 0 Å². The molecule has 1 aromatic rings. The minimum absolute atomic E-state index is 0.0992. The van der Waals surface area contributed by atoms with Crippen molar-refractivity contribution in [3.63, 3.8) is 0 Å². The van der Waals surface area contributed by atoms with Crippen molar-refractivity contribution >= 4 is 17.8 Å². The summed E-state index contributed by atoms with van der Waals surface area (Å²) < 4.78 is 20.8. The average Bonchev–Trinajstić information content (AvgIpc) is 2.77. The number of amides is 2. The molecule has 0 aliphatic heterocycles. The average molecular weight is 437 g/mol. The molecule has 172 valence electrons. The molecule has 1 aromatic carbocycles. The van der Waals surface area contributed by atoms with Crippen LogP contribution in [0.4, 0.5) is 0 Å². The predicted octanol–water partition coefficient (Wildman–Crippen LogP) is 2.07. The molecule has 2 N–H and O–H groups in total. The Morgan fingerprint density at radius 3 is 2.19 bits per heavy atom. The zero-order chi connectivity index (χ0) is 23.0. The van der Waals surface area contributed by atoms with Crippen molar-refractivity contribution in [1.82, 2.24) is 10.6 Å². The molecule has 9 heteroatoms. The van der Waals surface area contributed by atoms with Crippen molar-refractivity contribution in [2.75, 3.05) is 27.9 Å². The fourth-order valence-corrected chi connectivity index (χ4v) is 3.59. The second kappa shape index (κ2) is 11.4. The third-order valence-electron chi connectivity index (χ3n) is 5.44. The second-order valence-electron chi connectivity index (χ2n) is 7.61. The normalized spacial score (nSPS) is 19.0. The maximum atomic E-state index is 12.5. The summed E-state index contributed by atoms with van der Waals surface area (Å²) >= 11 is 0. The first-order valence-corrected chi connectivity index (χ1v) is 10.4. The van der Waals surface area contributed by atoms with Gasteiger partial charge in [0.1, 0.15) is 6.54 Å². The molecule has 2 rings (SSSR count). The van der Waals surface area contributed by atoms with Crippen LogP contribution in [-0.4, -0.2) is 57.8 Å². The minimum Gasteiger partial charge on any atom is -0.493 e. The third kappa shape index (κ3) is 6.50. The van der Waals surface area contributed by atoms with Crippen molar-refractivity contribution in [1.29, 1.82) is 0 Å². The summed E-state index contributed by atoms with van der Waals surface area (Å²) in [6, 6.07) is 3.05. The maximum Gasteiger partial charge on any atom is 0.326 e. The SMILES string of the molecule is COc1cc(C(=O)NCC(=O)O[C@@H](C)C(=O)N[C@@H]2CCCC[C@@H]2C)cc(OC)c1OC. The molecule has 1 saturated carbocycles. The monoisotopic (exact) mass is 436 g/mol. The zero-order valence-electron chi connectivity index (χ0n) is 18.8. The Balaban J connectivity index is 1.89. The van der Waals surface area contributed by atoms with Crippen LogP contribution < -0.4 is 24.8 Å². The molecule has 0 spiro atoms. The molecule has 0 bridgehead atoms. The van der Waals surface area contributed by atoms with Gasteiger partial charge >= 0.3 is 5.97 Å². The highest BCUT2D eigenvalue weighted by Gasteiger charge is 2.26. The summed E-state index contributed by atoms with van der Waals surface area (Å²) in [6.45, 7) is 3.24. The van der Waals surface area contributed by atoms with E-state index >= 15 is 0 Å². The smallest absolute Gasteiger partial charge is 0.326 e. The molecule has 1 fully saturated rings. The Hall–Kier alpha value is -2.97. The van der Waals surface area contributed by atoms with Crippen LogP contribution in [0.25, 0.3) is 0 Å². The van der Waals surface area contributed by atoms with Crippen LogP contribution >= 0.6 is 0 Å². The van der Waals surface area contributed by atoms with Gasteiger partial charge < -0.3 is 29.6 Å². The molecule has 1 aliphatic rings. The van der Waals surface area contributed by atoms with Crippen molar-refractivity contribution < 1.29 is 33.3 Å². The van der Waals surface area contributed by atoms with Gasteiger partial charge in [0.2, 0.25) is 5.75 Å². The lowest BCUT2D eigenvalue weighted by molar-refractivity contribution is -0.154. The number of benzene rings is 1. The highest BCUT2D eigenvalue weighted by Crippen LogP contribution is 2.38. The van der Waals surface area contributed by atoms with E-state index < -0.39 is 18.0 Å². The standard InChI is InChI=1S/C22H32N2O7/c1-13-8-6-7-9-16(13)24-21(26)14(2)31-19(25)12-23-22(27)15-10-17(28-3)20(30-5)18(11-15)29-4/h10-11,13-14,16H,6-9,12H2,1-5H3,(H,23,27)(H,24,26)/t13-,14-,16+/m0/s1. The number of esters is 1. The molecular weight excluding hydrogens is 404 g/mol. The molecule has 0 heterocycles. The molecule has 0 unspecified atom stereocenters. The van der Waals surface area contributed by atoms with Crippen molar-refractivity contribution in [3.05, 3.63) is 17.7 Å². The van der Waals surface area contributed by atoms with Crippen LogP contribution in [0, 0.1) is 5.92 Å². The van der Waals surface area contributed by atoms with Gasteiger partial charge in [0, 0.05) is 11.6 Å². The molecule has 2 amide bonds. The fourth-order valence-electron chi connectivity index (χ4n) is 3.59. The summed E-state index contributed by atoms with van der Waals surface area (Å²) in [5.41, 5.74) is 0.222. The van der Waals surface area contributed by atoms with E-state index in [1.165, 1.54) is 46.8 Å². The van der Waals surface area contributed by atoms with Gasteiger partial charge in [-0.25, -0.2) is 0 Å². The van der Waals surface area contributed by atoms with Gasteiger partial charge in [-0.15, -0.1) is 0 Å². The van der Waals surface area contributed by atoms with Gasteiger partial charge in [-0.3, -0.25) is 14.4 Å². The van der Waals surface area contributed by atoms with E-state index in [0.29, 0.717) is 23.2 Å². The molecule has 0 aromatic heterocycles. The molecule has 0 radical (unpaired) electrons. The fraction of sp³-hybridized carbons (Fsp3) is 0.591. The first kappa shape index (κ1) is 24.3. The van der Waals surface area contributed by atoms with Crippen molar-refractivity contribution in [2.45, 2.75) is 51.7 Å². The number of rotatable bonds is 9. The highest BCUT2D eigenvalue weighted by molar-refractivity contribution is 5.97. The lowest BCUT2D eigenvalue weighted by Gasteiger charge is -2.30. The minimum atomic E-state index is -0.945. The summed E-state index contributed by atoms with van der Waals surface area (Å²) in [5.74, 6) is -0.174. The molecule has 3 atom stereocenters. The molecule has 31 heavy (non-hydrogen) atoms. The quantitative estimate of drug-likeness (QED) is 0.570. The van der Waals surface area contributed by atoms with Crippen LogP contribution in [0.15, 0.2) is 12.1 Å². The van der Waals surface area contributed by atoms with Crippen LogP contribution in [0.1, 0.15) is 49.9 Å². The number of ether oxygens (including phenoxy) is 4. The van der Waals surface area contributed by atoms with Crippen LogP contribution in [0.5, 0.6) is 17.2 Å². The zero-order valence-corrected chi connectivity index (χ0v) is 18.8. The molecular formula is C22H32N2O7. The molecule has 1 aliphatic carbocycles. The largest absolute Gasteiger partial charge is 0.493 e. The Labute approximate surface area is 182 Å². The van der Waals surface area contributed by atoms with Gasteiger partial charge in [0.05, 0.1) is 21.3 Å². The third-order valence-corrected chi connectivity index (χ3v) is 5.44. The van der Waals surface area contributed by atoms with E-state index in [4.69, 9.17) is 18.9 Å². The lowest BCUT2D eigenvalue weighted by Crippen LogP contribution is -2.46. The number of nitrogens with one attached hydrogen (secondary N) is 2. The van der Waals surface area contributed by atoms with Gasteiger partial charge in [-0.05, 0) is 37.8 Å². The van der Waals surface area contributed by atoms with Gasteiger partial charge in [0.15, 0.2) is 17.6 Å². The number of hydrogen-bond acceptors (Lipinski definition) is 7. The number of carbonyl (C=O) groups excluding carboxylic acids is 3. The molecule has 9 nitrogen and oxygen atoms in total. The van der Waals surface area contributed by atoms with E-state index in [1.807, 2.05) is 0 Å². The van der Waals surface area contributed by atoms with Crippen LogP contribution in [0.2, 0.25) is 0 Å². The topological polar surface area (TPSA) is 112 Å². The van der Waals surface area contributed by atoms with Crippen molar-refractivity contribution in [2.24, 2.45) is 5.92 Å². The van der Waals surface area contributed by atoms with E-state index in [2.05, 4.69) is 17.6 Å². The van der Waals surface area contributed by atoms with E-state index in [-0.39, 0.29) is 24.1 Å². The Kier molecular flexibility index (Phi) is 8.96. The Bertz CT molecular complexity index is 771. The lowest BCUT2D eigenvalue weighted by atomic mass is 9.86.